The first kappa shape index (κ1) is 32.0. The van der Waals surface area contributed by atoms with Crippen LogP contribution in [0.15, 0.2) is 0 Å². The van der Waals surface area contributed by atoms with Crippen LogP contribution in [0.3, 0.4) is 0 Å². The Hall–Kier alpha value is 0.275. The zero-order chi connectivity index (χ0) is 19.3. The Bertz CT molecular complexity index is 220. The van der Waals surface area contributed by atoms with Crippen LogP contribution >= 0.6 is 0 Å². The molecule has 1 saturated heterocycles. The molecule has 1 aliphatic rings. The minimum atomic E-state index is -6.00. The van der Waals surface area contributed by atoms with Crippen molar-refractivity contribution >= 4 is 51.3 Å². The monoisotopic (exact) mass is 401 g/mol. The first-order valence-corrected chi connectivity index (χ1v) is 5.66. The Kier molecular flexibility index (Phi) is 20.7. The molecule has 0 bridgehead atoms. The average Bonchev–Trinajstić information content (AvgIpc) is 2.23. The number of hydrogen-bond acceptors (Lipinski definition) is 2. The van der Waals surface area contributed by atoms with E-state index in [0.717, 1.165) is 26.1 Å². The molecule has 1 heterocycles. The molecule has 1 aliphatic heterocycles. The number of methoxy groups -OCH3 is 1. The summed E-state index contributed by atoms with van der Waals surface area (Å²) in [5.41, 5.74) is 0. The summed E-state index contributed by atoms with van der Waals surface area (Å²) in [5.74, 6) is 0. The molecule has 2 nitrogen and oxygen atoms in total. The molecule has 0 unspecified atom stereocenters. The Morgan fingerprint density at radius 2 is 0.875 bits per heavy atom. The normalized spacial score (nSPS) is 15.4. The van der Waals surface area contributed by atoms with Crippen LogP contribution in [-0.2, 0) is 9.47 Å². The zero-order valence-corrected chi connectivity index (χ0v) is 11.5. The molecule has 0 aliphatic carbocycles. The molecule has 18 heteroatoms. The van der Waals surface area contributed by atoms with Gasteiger partial charge in [0.25, 0.3) is 0 Å². The molecule has 146 valence electrons. The number of hydrogen-bond donors (Lipinski definition) is 0. The second-order valence-corrected chi connectivity index (χ2v) is 3.53. The summed E-state index contributed by atoms with van der Waals surface area (Å²) in [6.45, 7) is 1.75. The molecule has 0 aromatic rings. The van der Waals surface area contributed by atoms with Crippen molar-refractivity contribution in [2.75, 3.05) is 20.3 Å². The Balaban J connectivity index is -0.000000113. The Morgan fingerprint density at radius 1 is 0.667 bits per heavy atom. The minimum absolute atomic E-state index is 0. The summed E-state index contributed by atoms with van der Waals surface area (Å²) in [6, 6.07) is 0. The predicted molar refractivity (Wildman–Crippen MR) is 68.6 cm³/mol. The number of halogens is 12. The van der Waals surface area contributed by atoms with E-state index >= 15 is 0 Å². The summed E-state index contributed by atoms with van der Waals surface area (Å²) in [7, 11) is -16.2. The average molecular weight is 401 g/mol. The first-order valence-electron chi connectivity index (χ1n) is 5.66. The van der Waals surface area contributed by atoms with Gasteiger partial charge in [0.05, 0.1) is 6.10 Å². The van der Waals surface area contributed by atoms with Gasteiger partial charge in [0.15, 0.2) is 0 Å². The van der Waals surface area contributed by atoms with Gasteiger partial charge in [0.2, 0.25) is 0 Å². The molecule has 0 atom stereocenters. The van der Waals surface area contributed by atoms with Crippen molar-refractivity contribution in [3.8, 4) is 0 Å². The summed E-state index contributed by atoms with van der Waals surface area (Å²) in [4.78, 5) is 0. The zero-order valence-electron chi connectivity index (χ0n) is 11.5. The molecule has 24 heavy (non-hydrogen) atoms. The van der Waals surface area contributed by atoms with Crippen LogP contribution in [0.25, 0.3) is 0 Å². The predicted octanol–water partition coefficient (Wildman–Crippen LogP) is 4.06. The van der Waals surface area contributed by atoms with Gasteiger partial charge in [-0.1, -0.05) is 0 Å². The van der Waals surface area contributed by atoms with E-state index in [1.54, 1.807) is 7.11 Å². The number of ether oxygens (including phenoxy) is 2. The van der Waals surface area contributed by atoms with Crippen LogP contribution in [0.4, 0.5) is 51.8 Å². The van der Waals surface area contributed by atoms with E-state index in [2.05, 4.69) is 0 Å². The summed E-state index contributed by atoms with van der Waals surface area (Å²) >= 11 is 0. The van der Waals surface area contributed by atoms with Crippen molar-refractivity contribution in [3.63, 3.8) is 0 Å². The summed E-state index contributed by atoms with van der Waals surface area (Å²) in [6.07, 6.45) is 2.59. The third-order valence-electron chi connectivity index (χ3n) is 1.50. The van der Waals surface area contributed by atoms with Crippen LogP contribution in [-0.4, -0.2) is 77.7 Å². The maximum absolute atomic E-state index is 9.75. The number of rotatable bonds is 1. The van der Waals surface area contributed by atoms with Gasteiger partial charge in [0, 0.05) is 20.3 Å². The van der Waals surface area contributed by atoms with Crippen molar-refractivity contribution < 1.29 is 61.3 Å². The van der Waals surface area contributed by atoms with E-state index in [4.69, 9.17) is 9.47 Å². The molecular weight excluding hydrogens is 387 g/mol. The van der Waals surface area contributed by atoms with Crippen LogP contribution < -0.4 is 0 Å². The Labute approximate surface area is 152 Å². The van der Waals surface area contributed by atoms with Gasteiger partial charge in [-0.05, 0) is 12.8 Å². The van der Waals surface area contributed by atoms with Gasteiger partial charge >= 0.3 is 51.3 Å². The fraction of sp³-hybridized carbons (Fsp3) is 1.00. The molecule has 0 saturated carbocycles. The Morgan fingerprint density at radius 3 is 1.00 bits per heavy atom. The van der Waals surface area contributed by atoms with E-state index < -0.39 is 21.8 Å². The molecule has 1 fully saturated rings. The van der Waals surface area contributed by atoms with E-state index in [1.165, 1.54) is 0 Å². The SMILES string of the molecule is COC1CCOCC1.F[B-](F)(F)F.F[B-](F)(F)F.F[B-](F)(F)F.[NaH]. The van der Waals surface area contributed by atoms with Gasteiger partial charge in [-0.25, -0.2) is 0 Å². The van der Waals surface area contributed by atoms with Crippen molar-refractivity contribution in [1.82, 2.24) is 0 Å². The second kappa shape index (κ2) is 15.5. The van der Waals surface area contributed by atoms with Crippen LogP contribution in [0.2, 0.25) is 0 Å². The van der Waals surface area contributed by atoms with Crippen molar-refractivity contribution in [1.29, 1.82) is 0 Å². The molecular formula is C6H13B3F12NaO2-3. The van der Waals surface area contributed by atoms with Crippen molar-refractivity contribution in [2.45, 2.75) is 18.9 Å². The van der Waals surface area contributed by atoms with E-state index in [1.807, 2.05) is 0 Å². The fourth-order valence-electron chi connectivity index (χ4n) is 0.912. The molecule has 0 aromatic carbocycles. The topological polar surface area (TPSA) is 18.5 Å². The molecule has 0 radical (unpaired) electrons. The van der Waals surface area contributed by atoms with Crippen molar-refractivity contribution in [2.24, 2.45) is 0 Å². The van der Waals surface area contributed by atoms with Gasteiger partial charge in [-0.2, -0.15) is 0 Å². The standard InChI is InChI=1S/C6H12O2.3BF4.Na.H/c1-7-6-2-4-8-5-3-6;3*2-1(3,4)5;;/h6H,2-5H2,1H3;;;;;/q;3*-1;;. The van der Waals surface area contributed by atoms with E-state index in [9.17, 15) is 51.8 Å². The van der Waals surface area contributed by atoms with Crippen LogP contribution in [0.5, 0.6) is 0 Å². The van der Waals surface area contributed by atoms with Gasteiger partial charge in [-0.3, -0.25) is 0 Å². The van der Waals surface area contributed by atoms with E-state index in [-0.39, 0.29) is 29.6 Å². The third-order valence-corrected chi connectivity index (χ3v) is 1.50. The first-order chi connectivity index (χ1) is 9.93. The fourth-order valence-corrected chi connectivity index (χ4v) is 0.912. The molecule has 0 spiro atoms. The van der Waals surface area contributed by atoms with Gasteiger partial charge in [-0.15, -0.1) is 0 Å². The van der Waals surface area contributed by atoms with Gasteiger partial charge in [0.1, 0.15) is 0 Å². The summed E-state index contributed by atoms with van der Waals surface area (Å²) < 4.78 is 127. The summed E-state index contributed by atoms with van der Waals surface area (Å²) in [5, 5.41) is 0. The van der Waals surface area contributed by atoms with Crippen LogP contribution in [0, 0.1) is 0 Å². The molecule has 1 rings (SSSR count). The molecule has 0 N–H and O–H groups in total. The maximum atomic E-state index is 9.75. The quantitative estimate of drug-likeness (QED) is 0.488. The van der Waals surface area contributed by atoms with Crippen LogP contribution in [0.1, 0.15) is 12.8 Å². The third kappa shape index (κ3) is 95.5. The second-order valence-electron chi connectivity index (χ2n) is 3.53. The molecule has 0 amide bonds. The molecule has 0 aromatic heterocycles. The van der Waals surface area contributed by atoms with Crippen molar-refractivity contribution in [3.05, 3.63) is 0 Å². The van der Waals surface area contributed by atoms with E-state index in [0.29, 0.717) is 6.10 Å². The van der Waals surface area contributed by atoms with Gasteiger partial charge < -0.3 is 61.3 Å².